The Bertz CT molecular complexity index is 408. The summed E-state index contributed by atoms with van der Waals surface area (Å²) in [4.78, 5) is 21.5. The maximum Gasteiger partial charge on any atom is 0.318 e. The second-order valence-corrected chi connectivity index (χ2v) is 4.24. The number of hydrogen-bond acceptors (Lipinski definition) is 3. The lowest BCUT2D eigenvalue weighted by atomic mass is 10.00. The summed E-state index contributed by atoms with van der Waals surface area (Å²) in [7, 11) is 0. The Morgan fingerprint density at radius 2 is 1.61 bits per heavy atom. The van der Waals surface area contributed by atoms with E-state index < -0.39 is 17.9 Å². The largest absolute Gasteiger partial charge is 0.491 e. The van der Waals surface area contributed by atoms with E-state index in [0.29, 0.717) is 11.3 Å². The maximum absolute atomic E-state index is 10.8. The summed E-state index contributed by atoms with van der Waals surface area (Å²) in [6, 6.07) is 6.76. The molecule has 0 atom stereocenters. The van der Waals surface area contributed by atoms with Crippen LogP contribution in [0.15, 0.2) is 24.3 Å². The highest BCUT2D eigenvalue weighted by Crippen LogP contribution is 2.16. The second-order valence-electron chi connectivity index (χ2n) is 4.24. The van der Waals surface area contributed by atoms with Crippen molar-refractivity contribution >= 4 is 11.9 Å². The molecule has 5 heteroatoms. The van der Waals surface area contributed by atoms with Gasteiger partial charge in [0.05, 0.1) is 6.10 Å². The van der Waals surface area contributed by atoms with E-state index in [9.17, 15) is 9.59 Å². The highest BCUT2D eigenvalue weighted by molar-refractivity contribution is 5.93. The van der Waals surface area contributed by atoms with Crippen LogP contribution >= 0.6 is 0 Å². The van der Waals surface area contributed by atoms with Crippen molar-refractivity contribution in [3.63, 3.8) is 0 Å². The van der Waals surface area contributed by atoms with Crippen LogP contribution in [-0.2, 0) is 16.0 Å². The van der Waals surface area contributed by atoms with Crippen LogP contribution < -0.4 is 4.74 Å². The third kappa shape index (κ3) is 4.08. The molecule has 18 heavy (non-hydrogen) atoms. The van der Waals surface area contributed by atoms with Gasteiger partial charge < -0.3 is 14.9 Å². The quantitative estimate of drug-likeness (QED) is 0.754. The number of hydrogen-bond donors (Lipinski definition) is 2. The Hall–Kier alpha value is -2.04. The first-order chi connectivity index (χ1) is 8.40. The number of rotatable bonds is 6. The van der Waals surface area contributed by atoms with E-state index in [-0.39, 0.29) is 12.5 Å². The second kappa shape index (κ2) is 6.05. The van der Waals surface area contributed by atoms with Gasteiger partial charge in [-0.3, -0.25) is 9.59 Å². The van der Waals surface area contributed by atoms with Crippen molar-refractivity contribution in [1.29, 1.82) is 0 Å². The van der Waals surface area contributed by atoms with Crippen molar-refractivity contribution < 1.29 is 24.5 Å². The maximum atomic E-state index is 10.8. The Morgan fingerprint density at radius 1 is 1.11 bits per heavy atom. The van der Waals surface area contributed by atoms with Gasteiger partial charge in [0, 0.05) is 0 Å². The van der Waals surface area contributed by atoms with E-state index >= 15 is 0 Å². The van der Waals surface area contributed by atoms with Gasteiger partial charge in [0.1, 0.15) is 5.75 Å². The zero-order valence-corrected chi connectivity index (χ0v) is 10.3. The van der Waals surface area contributed by atoms with Crippen molar-refractivity contribution in [3.05, 3.63) is 29.8 Å². The standard InChI is InChI=1S/C13H16O5/c1-8(2)18-10-5-3-9(4-6-10)7-11(12(14)15)13(16)17/h3-6,8,11H,7H2,1-2H3,(H,14,15)(H,16,17). The average Bonchev–Trinajstić information content (AvgIpc) is 2.26. The fourth-order valence-corrected chi connectivity index (χ4v) is 1.49. The fraction of sp³-hybridized carbons (Fsp3) is 0.385. The van der Waals surface area contributed by atoms with Crippen LogP contribution in [0.2, 0.25) is 0 Å². The normalized spacial score (nSPS) is 10.7. The third-order valence-corrected chi connectivity index (χ3v) is 2.33. The molecular weight excluding hydrogens is 236 g/mol. The summed E-state index contributed by atoms with van der Waals surface area (Å²) < 4.78 is 5.44. The smallest absolute Gasteiger partial charge is 0.318 e. The molecule has 2 N–H and O–H groups in total. The molecule has 0 aliphatic heterocycles. The molecule has 0 heterocycles. The van der Waals surface area contributed by atoms with Crippen LogP contribution in [0.5, 0.6) is 5.75 Å². The van der Waals surface area contributed by atoms with Crippen LogP contribution in [0.4, 0.5) is 0 Å². The SMILES string of the molecule is CC(C)Oc1ccc(CC(C(=O)O)C(=O)O)cc1. The zero-order chi connectivity index (χ0) is 13.7. The number of ether oxygens (including phenoxy) is 1. The van der Waals surface area contributed by atoms with Gasteiger partial charge in [0.15, 0.2) is 5.92 Å². The minimum absolute atomic E-state index is 0.0351. The molecule has 0 radical (unpaired) electrons. The van der Waals surface area contributed by atoms with Gasteiger partial charge in [-0.15, -0.1) is 0 Å². The Kier molecular flexibility index (Phi) is 4.71. The Labute approximate surface area is 105 Å². The lowest BCUT2D eigenvalue weighted by Crippen LogP contribution is -2.25. The van der Waals surface area contributed by atoms with Gasteiger partial charge in [-0.2, -0.15) is 0 Å². The fourth-order valence-electron chi connectivity index (χ4n) is 1.49. The summed E-state index contributed by atoms with van der Waals surface area (Å²) in [6.07, 6.45) is 0.0220. The Morgan fingerprint density at radius 3 is 2.00 bits per heavy atom. The Balaban J connectivity index is 2.73. The highest BCUT2D eigenvalue weighted by Gasteiger charge is 2.25. The molecule has 0 unspecified atom stereocenters. The molecule has 0 fully saturated rings. The van der Waals surface area contributed by atoms with Crippen LogP contribution in [0, 0.1) is 5.92 Å². The first-order valence-corrected chi connectivity index (χ1v) is 5.61. The van der Waals surface area contributed by atoms with Gasteiger partial charge in [0.2, 0.25) is 0 Å². The molecular formula is C13H16O5. The van der Waals surface area contributed by atoms with Gasteiger partial charge >= 0.3 is 11.9 Å². The van der Waals surface area contributed by atoms with E-state index in [0.717, 1.165) is 0 Å². The summed E-state index contributed by atoms with van der Waals surface area (Å²) in [5.74, 6) is -3.40. The predicted octanol–water partition coefficient (Wildman–Crippen LogP) is 1.80. The number of carboxylic acids is 2. The summed E-state index contributed by atoms with van der Waals surface area (Å²) in [5, 5.41) is 17.5. The van der Waals surface area contributed by atoms with E-state index in [4.69, 9.17) is 14.9 Å². The van der Waals surface area contributed by atoms with Crippen LogP contribution in [0.25, 0.3) is 0 Å². The molecule has 0 amide bonds. The average molecular weight is 252 g/mol. The van der Waals surface area contributed by atoms with Gasteiger partial charge in [-0.05, 0) is 38.0 Å². The van der Waals surface area contributed by atoms with Crippen LogP contribution in [-0.4, -0.2) is 28.3 Å². The molecule has 0 aliphatic carbocycles. The molecule has 0 spiro atoms. The minimum Gasteiger partial charge on any atom is -0.491 e. The molecule has 1 aromatic carbocycles. The molecule has 0 aromatic heterocycles. The number of benzene rings is 1. The van der Waals surface area contributed by atoms with Gasteiger partial charge in [-0.1, -0.05) is 12.1 Å². The van der Waals surface area contributed by atoms with Crippen molar-refractivity contribution in [3.8, 4) is 5.75 Å². The van der Waals surface area contributed by atoms with Crippen LogP contribution in [0.3, 0.4) is 0 Å². The van der Waals surface area contributed by atoms with Crippen molar-refractivity contribution in [2.45, 2.75) is 26.4 Å². The minimum atomic E-state index is -1.41. The molecule has 0 saturated heterocycles. The molecule has 0 saturated carbocycles. The van der Waals surface area contributed by atoms with E-state index in [1.54, 1.807) is 24.3 Å². The van der Waals surface area contributed by atoms with Crippen molar-refractivity contribution in [2.24, 2.45) is 5.92 Å². The lowest BCUT2D eigenvalue weighted by Gasteiger charge is -2.11. The van der Waals surface area contributed by atoms with E-state index in [1.807, 2.05) is 13.8 Å². The third-order valence-electron chi connectivity index (χ3n) is 2.33. The van der Waals surface area contributed by atoms with E-state index in [1.165, 1.54) is 0 Å². The summed E-state index contributed by atoms with van der Waals surface area (Å²) >= 11 is 0. The lowest BCUT2D eigenvalue weighted by molar-refractivity contribution is -0.154. The molecule has 98 valence electrons. The summed E-state index contributed by atoms with van der Waals surface area (Å²) in [6.45, 7) is 3.80. The van der Waals surface area contributed by atoms with Crippen molar-refractivity contribution in [1.82, 2.24) is 0 Å². The zero-order valence-electron chi connectivity index (χ0n) is 10.3. The predicted molar refractivity (Wildman–Crippen MR) is 64.7 cm³/mol. The molecule has 1 aromatic rings. The van der Waals surface area contributed by atoms with Gasteiger partial charge in [0.25, 0.3) is 0 Å². The van der Waals surface area contributed by atoms with Gasteiger partial charge in [-0.25, -0.2) is 0 Å². The number of carboxylic acid groups (broad SMARTS) is 2. The van der Waals surface area contributed by atoms with Crippen molar-refractivity contribution in [2.75, 3.05) is 0 Å². The molecule has 0 bridgehead atoms. The first kappa shape index (κ1) is 14.0. The highest BCUT2D eigenvalue weighted by atomic mass is 16.5. The summed E-state index contributed by atoms with van der Waals surface area (Å²) in [5.41, 5.74) is 0.654. The number of carbonyl (C=O) groups is 2. The first-order valence-electron chi connectivity index (χ1n) is 5.61. The monoisotopic (exact) mass is 252 g/mol. The van der Waals surface area contributed by atoms with E-state index in [2.05, 4.69) is 0 Å². The molecule has 0 aliphatic rings. The van der Waals surface area contributed by atoms with Crippen LogP contribution in [0.1, 0.15) is 19.4 Å². The number of aliphatic carboxylic acids is 2. The topological polar surface area (TPSA) is 83.8 Å². The molecule has 1 rings (SSSR count). The molecule has 5 nitrogen and oxygen atoms in total.